The smallest absolute Gasteiger partial charge is 0.306 e. The Morgan fingerprint density at radius 2 is 2.33 bits per heavy atom. The third-order valence-corrected chi connectivity index (χ3v) is 3.29. The molecule has 1 aromatic rings. The molecule has 1 aliphatic rings. The lowest BCUT2D eigenvalue weighted by atomic mass is 9.96. The van der Waals surface area contributed by atoms with Crippen molar-refractivity contribution in [3.63, 3.8) is 0 Å². The van der Waals surface area contributed by atoms with E-state index in [4.69, 9.17) is 10.4 Å². The number of anilines is 1. The molecule has 2 N–H and O–H groups in total. The predicted octanol–water partition coefficient (Wildman–Crippen LogP) is 1.26. The molecule has 6 nitrogen and oxygen atoms in total. The lowest BCUT2D eigenvalue weighted by Crippen LogP contribution is -2.24. The van der Waals surface area contributed by atoms with Crippen LogP contribution in [0.15, 0.2) is 12.4 Å². The van der Waals surface area contributed by atoms with Gasteiger partial charge in [0, 0.05) is 6.54 Å². The zero-order valence-corrected chi connectivity index (χ0v) is 9.83. The Labute approximate surface area is 105 Å². The minimum Gasteiger partial charge on any atom is -0.481 e. The van der Waals surface area contributed by atoms with Crippen molar-refractivity contribution in [1.82, 2.24) is 9.97 Å². The third kappa shape index (κ3) is 2.74. The molecule has 0 amide bonds. The summed E-state index contributed by atoms with van der Waals surface area (Å²) in [4.78, 5) is 18.9. The largest absolute Gasteiger partial charge is 0.481 e. The number of carboxylic acids is 1. The molecule has 2 rings (SSSR count). The molecule has 0 bridgehead atoms. The second-order valence-corrected chi connectivity index (χ2v) is 4.42. The van der Waals surface area contributed by atoms with E-state index < -0.39 is 5.97 Å². The quantitative estimate of drug-likeness (QED) is 0.829. The van der Waals surface area contributed by atoms with Crippen LogP contribution in [0.4, 0.5) is 5.82 Å². The van der Waals surface area contributed by atoms with Gasteiger partial charge in [-0.2, -0.15) is 5.26 Å². The highest BCUT2D eigenvalue weighted by Gasteiger charge is 2.32. The molecular weight excluding hydrogens is 232 g/mol. The number of rotatable bonds is 4. The Balaban J connectivity index is 1.91. The molecule has 0 aliphatic heterocycles. The summed E-state index contributed by atoms with van der Waals surface area (Å²) in [6.45, 7) is 0.581. The van der Waals surface area contributed by atoms with Crippen LogP contribution in [-0.2, 0) is 4.79 Å². The first-order valence-corrected chi connectivity index (χ1v) is 5.89. The van der Waals surface area contributed by atoms with E-state index in [1.807, 2.05) is 6.07 Å². The van der Waals surface area contributed by atoms with Crippen molar-refractivity contribution in [3.8, 4) is 6.07 Å². The molecule has 2 atom stereocenters. The van der Waals surface area contributed by atoms with Crippen LogP contribution in [-0.4, -0.2) is 27.6 Å². The average molecular weight is 246 g/mol. The minimum atomic E-state index is -0.717. The molecule has 18 heavy (non-hydrogen) atoms. The van der Waals surface area contributed by atoms with Gasteiger partial charge in [-0.15, -0.1) is 0 Å². The number of aromatic nitrogens is 2. The SMILES string of the molecule is N#Cc1cnc(NCC2CCCC2C(=O)O)cn1. The Morgan fingerprint density at radius 1 is 1.50 bits per heavy atom. The first-order valence-electron chi connectivity index (χ1n) is 5.89. The van der Waals surface area contributed by atoms with Crippen LogP contribution >= 0.6 is 0 Å². The van der Waals surface area contributed by atoms with Gasteiger partial charge in [-0.1, -0.05) is 6.42 Å². The van der Waals surface area contributed by atoms with Gasteiger partial charge in [-0.05, 0) is 18.8 Å². The molecule has 1 heterocycles. The summed E-state index contributed by atoms with van der Waals surface area (Å²) < 4.78 is 0. The van der Waals surface area contributed by atoms with Crippen LogP contribution in [0, 0.1) is 23.2 Å². The van der Waals surface area contributed by atoms with E-state index in [-0.39, 0.29) is 17.5 Å². The Morgan fingerprint density at radius 3 is 2.94 bits per heavy atom. The Kier molecular flexibility index (Phi) is 3.72. The van der Waals surface area contributed by atoms with E-state index in [1.165, 1.54) is 12.4 Å². The van der Waals surface area contributed by atoms with Crippen molar-refractivity contribution in [2.75, 3.05) is 11.9 Å². The highest BCUT2D eigenvalue weighted by Crippen LogP contribution is 2.31. The van der Waals surface area contributed by atoms with Crippen LogP contribution < -0.4 is 5.32 Å². The second kappa shape index (κ2) is 5.45. The van der Waals surface area contributed by atoms with E-state index >= 15 is 0 Å². The van der Waals surface area contributed by atoms with Gasteiger partial charge in [0.2, 0.25) is 0 Å². The number of nitriles is 1. The van der Waals surface area contributed by atoms with Gasteiger partial charge >= 0.3 is 5.97 Å². The summed E-state index contributed by atoms with van der Waals surface area (Å²) in [5.41, 5.74) is 0.268. The van der Waals surface area contributed by atoms with Gasteiger partial charge in [0.15, 0.2) is 5.69 Å². The maximum Gasteiger partial charge on any atom is 0.306 e. The maximum atomic E-state index is 11.0. The molecule has 6 heteroatoms. The molecule has 0 aromatic carbocycles. The number of nitrogens with zero attached hydrogens (tertiary/aromatic N) is 3. The molecule has 1 saturated carbocycles. The first kappa shape index (κ1) is 12.3. The first-order chi connectivity index (χ1) is 8.70. The van der Waals surface area contributed by atoms with Crippen molar-refractivity contribution in [1.29, 1.82) is 5.26 Å². The topological polar surface area (TPSA) is 98.9 Å². The number of carboxylic acid groups (broad SMARTS) is 1. The van der Waals surface area contributed by atoms with E-state index in [1.54, 1.807) is 0 Å². The van der Waals surface area contributed by atoms with Gasteiger partial charge < -0.3 is 10.4 Å². The second-order valence-electron chi connectivity index (χ2n) is 4.42. The lowest BCUT2D eigenvalue weighted by molar-refractivity contribution is -0.142. The normalized spacial score (nSPS) is 22.4. The average Bonchev–Trinajstić information content (AvgIpc) is 2.85. The van der Waals surface area contributed by atoms with E-state index in [9.17, 15) is 4.79 Å². The fourth-order valence-electron chi connectivity index (χ4n) is 2.32. The summed E-state index contributed by atoms with van der Waals surface area (Å²) in [6.07, 6.45) is 5.52. The fraction of sp³-hybridized carbons (Fsp3) is 0.500. The number of carbonyl (C=O) groups is 1. The summed E-state index contributed by atoms with van der Waals surface area (Å²) in [6, 6.07) is 1.89. The van der Waals surface area contributed by atoms with Crippen LogP contribution in [0.3, 0.4) is 0 Å². The van der Waals surface area contributed by atoms with Crippen molar-refractivity contribution >= 4 is 11.8 Å². The van der Waals surface area contributed by atoms with Crippen molar-refractivity contribution in [3.05, 3.63) is 18.1 Å². The van der Waals surface area contributed by atoms with Gasteiger partial charge in [0.05, 0.1) is 18.3 Å². The predicted molar refractivity (Wildman–Crippen MR) is 63.7 cm³/mol. The highest BCUT2D eigenvalue weighted by molar-refractivity contribution is 5.70. The summed E-state index contributed by atoms with van der Waals surface area (Å²) >= 11 is 0. The van der Waals surface area contributed by atoms with Gasteiger partial charge in [-0.3, -0.25) is 4.79 Å². The van der Waals surface area contributed by atoms with Crippen LogP contribution in [0.1, 0.15) is 25.0 Å². The van der Waals surface area contributed by atoms with Crippen molar-refractivity contribution < 1.29 is 9.90 Å². The van der Waals surface area contributed by atoms with Gasteiger partial charge in [0.25, 0.3) is 0 Å². The fourth-order valence-corrected chi connectivity index (χ4v) is 2.32. The summed E-state index contributed by atoms with van der Waals surface area (Å²) in [5, 5.41) is 20.7. The van der Waals surface area contributed by atoms with E-state index in [0.717, 1.165) is 19.3 Å². The molecule has 1 aromatic heterocycles. The summed E-state index contributed by atoms with van der Waals surface area (Å²) in [7, 11) is 0. The van der Waals surface area contributed by atoms with Gasteiger partial charge in [-0.25, -0.2) is 9.97 Å². The third-order valence-electron chi connectivity index (χ3n) is 3.29. The molecule has 1 aliphatic carbocycles. The monoisotopic (exact) mass is 246 g/mol. The standard InChI is InChI=1S/C12H14N4O2/c13-4-9-6-16-11(7-14-9)15-5-8-2-1-3-10(8)12(17)18/h6-8,10H,1-3,5H2,(H,15,16)(H,17,18). The highest BCUT2D eigenvalue weighted by atomic mass is 16.4. The van der Waals surface area contributed by atoms with Crippen LogP contribution in [0.2, 0.25) is 0 Å². The van der Waals surface area contributed by atoms with Crippen LogP contribution in [0.25, 0.3) is 0 Å². The summed E-state index contributed by atoms with van der Waals surface area (Å²) in [5.74, 6) is -0.265. The molecule has 2 unspecified atom stereocenters. The minimum absolute atomic E-state index is 0.139. The van der Waals surface area contributed by atoms with Gasteiger partial charge in [0.1, 0.15) is 11.9 Å². The zero-order chi connectivity index (χ0) is 13.0. The molecule has 0 saturated heterocycles. The number of aliphatic carboxylic acids is 1. The number of hydrogen-bond acceptors (Lipinski definition) is 5. The Bertz CT molecular complexity index is 466. The lowest BCUT2D eigenvalue weighted by Gasteiger charge is -2.16. The van der Waals surface area contributed by atoms with Crippen molar-refractivity contribution in [2.24, 2.45) is 11.8 Å². The maximum absolute atomic E-state index is 11.0. The number of hydrogen-bond donors (Lipinski definition) is 2. The molecule has 94 valence electrons. The number of nitrogens with one attached hydrogen (secondary N) is 1. The molecule has 0 spiro atoms. The van der Waals surface area contributed by atoms with E-state index in [2.05, 4.69) is 15.3 Å². The Hall–Kier alpha value is -2.16. The molecule has 1 fully saturated rings. The zero-order valence-electron chi connectivity index (χ0n) is 9.83. The van der Waals surface area contributed by atoms with Crippen molar-refractivity contribution in [2.45, 2.75) is 19.3 Å². The molecule has 0 radical (unpaired) electrons. The molecular formula is C12H14N4O2. The van der Waals surface area contributed by atoms with Crippen LogP contribution in [0.5, 0.6) is 0 Å². The van der Waals surface area contributed by atoms with E-state index in [0.29, 0.717) is 12.4 Å².